The summed E-state index contributed by atoms with van der Waals surface area (Å²) < 4.78 is 63.2. The number of carbonyl (C=O) groups is 1. The Morgan fingerprint density at radius 1 is 1.14 bits per heavy atom. The molecule has 3 aromatic rings. The Bertz CT molecular complexity index is 1080. The molecule has 0 bridgehead atoms. The van der Waals surface area contributed by atoms with Crippen molar-refractivity contribution in [2.75, 3.05) is 0 Å². The number of halogens is 3. The minimum Gasteiger partial charge on any atom is -0.348 e. The predicted molar refractivity (Wildman–Crippen MR) is 90.0 cm³/mol. The third-order valence-electron chi connectivity index (χ3n) is 3.65. The standard InChI is InChI=1S/C16H12F3N5O3S/c17-16(18,19)28(26,27)15-13(2-1-7-21-15)14(25)22-8-11-3-5-12(6-4-11)24-10-20-9-23-24/h1-7,9-10H,8H2,(H,22,25). The van der Waals surface area contributed by atoms with E-state index in [-0.39, 0.29) is 6.54 Å². The lowest BCUT2D eigenvalue weighted by atomic mass is 10.2. The highest BCUT2D eigenvalue weighted by molar-refractivity contribution is 7.92. The van der Waals surface area contributed by atoms with Crippen LogP contribution in [-0.4, -0.2) is 39.6 Å². The third-order valence-corrected chi connectivity index (χ3v) is 5.09. The second-order valence-electron chi connectivity index (χ2n) is 5.49. The fraction of sp³-hybridized carbons (Fsp3) is 0.125. The first kappa shape index (κ1) is 19.5. The molecular weight excluding hydrogens is 399 g/mol. The largest absolute Gasteiger partial charge is 0.503 e. The molecule has 0 unspecified atom stereocenters. The van der Waals surface area contributed by atoms with Gasteiger partial charge in [0.15, 0.2) is 5.03 Å². The molecule has 0 spiro atoms. The van der Waals surface area contributed by atoms with Crippen molar-refractivity contribution in [2.45, 2.75) is 17.1 Å². The van der Waals surface area contributed by atoms with Crippen LogP contribution >= 0.6 is 0 Å². The summed E-state index contributed by atoms with van der Waals surface area (Å²) in [5.41, 5.74) is -4.88. The number of alkyl halides is 3. The molecule has 0 fully saturated rings. The first-order chi connectivity index (χ1) is 13.2. The van der Waals surface area contributed by atoms with Crippen LogP contribution < -0.4 is 5.32 Å². The normalized spacial score (nSPS) is 12.0. The van der Waals surface area contributed by atoms with Gasteiger partial charge >= 0.3 is 5.51 Å². The quantitative estimate of drug-likeness (QED) is 0.687. The SMILES string of the molecule is O=C(NCc1ccc(-n2cncn2)cc1)c1cccnc1S(=O)(=O)C(F)(F)F. The molecule has 1 amide bonds. The van der Waals surface area contributed by atoms with Crippen molar-refractivity contribution in [2.24, 2.45) is 0 Å². The number of benzene rings is 1. The van der Waals surface area contributed by atoms with Gasteiger partial charge in [-0.25, -0.2) is 23.1 Å². The van der Waals surface area contributed by atoms with Crippen LogP contribution in [0.2, 0.25) is 0 Å². The molecule has 0 aliphatic heterocycles. The summed E-state index contributed by atoms with van der Waals surface area (Å²) in [4.78, 5) is 19.3. The molecule has 0 aliphatic rings. The smallest absolute Gasteiger partial charge is 0.348 e. The van der Waals surface area contributed by atoms with Crippen LogP contribution in [-0.2, 0) is 16.4 Å². The van der Waals surface area contributed by atoms with E-state index in [2.05, 4.69) is 20.4 Å². The maximum atomic E-state index is 12.8. The lowest BCUT2D eigenvalue weighted by Gasteiger charge is -2.12. The number of hydrogen-bond donors (Lipinski definition) is 1. The fourth-order valence-corrected chi connectivity index (χ4v) is 3.14. The Labute approximate surface area is 157 Å². The summed E-state index contributed by atoms with van der Waals surface area (Å²) >= 11 is 0. The number of rotatable bonds is 5. The molecule has 0 saturated carbocycles. The van der Waals surface area contributed by atoms with Gasteiger partial charge in [0, 0.05) is 12.7 Å². The first-order valence-electron chi connectivity index (χ1n) is 7.68. The Kier molecular flexibility index (Phi) is 5.14. The van der Waals surface area contributed by atoms with Gasteiger partial charge in [-0.15, -0.1) is 0 Å². The molecule has 3 rings (SSSR count). The zero-order valence-electron chi connectivity index (χ0n) is 14.0. The Morgan fingerprint density at radius 3 is 2.46 bits per heavy atom. The average molecular weight is 411 g/mol. The van der Waals surface area contributed by atoms with Crippen LogP contribution in [0.1, 0.15) is 15.9 Å². The van der Waals surface area contributed by atoms with Gasteiger partial charge in [-0.1, -0.05) is 12.1 Å². The van der Waals surface area contributed by atoms with Crippen molar-refractivity contribution >= 4 is 15.7 Å². The number of hydrogen-bond acceptors (Lipinski definition) is 6. The molecule has 2 heterocycles. The van der Waals surface area contributed by atoms with E-state index in [1.807, 2.05) is 0 Å². The molecular formula is C16H12F3N5O3S. The number of aromatic nitrogens is 4. The topological polar surface area (TPSA) is 107 Å². The van der Waals surface area contributed by atoms with E-state index in [4.69, 9.17) is 0 Å². The van der Waals surface area contributed by atoms with Gasteiger partial charge in [0.2, 0.25) is 0 Å². The minimum absolute atomic E-state index is 0.0309. The van der Waals surface area contributed by atoms with Crippen LogP contribution in [0.4, 0.5) is 13.2 Å². The Morgan fingerprint density at radius 2 is 1.86 bits per heavy atom. The number of sulfone groups is 1. The van der Waals surface area contributed by atoms with E-state index >= 15 is 0 Å². The highest BCUT2D eigenvalue weighted by Gasteiger charge is 2.49. The van der Waals surface area contributed by atoms with E-state index in [1.54, 1.807) is 24.3 Å². The number of pyridine rings is 1. The molecule has 1 N–H and O–H groups in total. The van der Waals surface area contributed by atoms with E-state index < -0.39 is 31.8 Å². The van der Waals surface area contributed by atoms with Crippen LogP contribution in [0.3, 0.4) is 0 Å². The predicted octanol–water partition coefficient (Wildman–Crippen LogP) is 1.89. The van der Waals surface area contributed by atoms with Crippen molar-refractivity contribution in [3.63, 3.8) is 0 Å². The van der Waals surface area contributed by atoms with E-state index in [1.165, 1.54) is 23.4 Å². The lowest BCUT2D eigenvalue weighted by Crippen LogP contribution is -2.30. The van der Waals surface area contributed by atoms with Crippen LogP contribution in [0.25, 0.3) is 5.69 Å². The minimum atomic E-state index is -5.75. The summed E-state index contributed by atoms with van der Waals surface area (Å²) in [6.07, 6.45) is 3.74. The van der Waals surface area contributed by atoms with Crippen LogP contribution in [0.5, 0.6) is 0 Å². The van der Waals surface area contributed by atoms with E-state index in [0.717, 1.165) is 18.0 Å². The summed E-state index contributed by atoms with van der Waals surface area (Å²) in [7, 11) is -5.75. The van der Waals surface area contributed by atoms with Gasteiger partial charge in [0.1, 0.15) is 12.7 Å². The van der Waals surface area contributed by atoms with Crippen molar-refractivity contribution in [3.05, 3.63) is 66.4 Å². The van der Waals surface area contributed by atoms with Gasteiger partial charge < -0.3 is 5.32 Å². The molecule has 8 nitrogen and oxygen atoms in total. The van der Waals surface area contributed by atoms with E-state index in [9.17, 15) is 26.4 Å². The van der Waals surface area contributed by atoms with Gasteiger partial charge in [0.25, 0.3) is 15.7 Å². The van der Waals surface area contributed by atoms with Crippen molar-refractivity contribution in [1.29, 1.82) is 0 Å². The molecule has 1 aromatic carbocycles. The van der Waals surface area contributed by atoms with Crippen LogP contribution in [0.15, 0.2) is 60.3 Å². The monoisotopic (exact) mass is 411 g/mol. The zero-order chi connectivity index (χ0) is 20.4. The lowest BCUT2D eigenvalue weighted by molar-refractivity contribution is -0.0438. The molecule has 12 heteroatoms. The first-order valence-corrected chi connectivity index (χ1v) is 9.17. The van der Waals surface area contributed by atoms with Gasteiger partial charge in [-0.05, 0) is 29.8 Å². The van der Waals surface area contributed by atoms with E-state index in [0.29, 0.717) is 5.56 Å². The molecule has 2 aromatic heterocycles. The molecule has 0 saturated heterocycles. The highest BCUT2D eigenvalue weighted by Crippen LogP contribution is 2.30. The molecule has 28 heavy (non-hydrogen) atoms. The van der Waals surface area contributed by atoms with Gasteiger partial charge in [0.05, 0.1) is 11.3 Å². The highest BCUT2D eigenvalue weighted by atomic mass is 32.2. The summed E-state index contributed by atoms with van der Waals surface area (Å²) in [5.74, 6) is -0.990. The van der Waals surface area contributed by atoms with Crippen LogP contribution in [0, 0.1) is 0 Å². The zero-order valence-corrected chi connectivity index (χ0v) is 14.8. The van der Waals surface area contributed by atoms with Crippen molar-refractivity contribution in [1.82, 2.24) is 25.1 Å². The number of nitrogens with one attached hydrogen (secondary N) is 1. The van der Waals surface area contributed by atoms with Crippen molar-refractivity contribution in [3.8, 4) is 5.69 Å². The van der Waals surface area contributed by atoms with Crippen molar-refractivity contribution < 1.29 is 26.4 Å². The Hall–Kier alpha value is -3.28. The Balaban J connectivity index is 1.76. The number of carbonyl (C=O) groups excluding carboxylic acids is 1. The maximum absolute atomic E-state index is 12.8. The summed E-state index contributed by atoms with van der Waals surface area (Å²) in [5, 5.41) is 5.02. The average Bonchev–Trinajstić information content (AvgIpc) is 3.20. The fourth-order valence-electron chi connectivity index (χ4n) is 2.27. The molecule has 0 atom stereocenters. The molecule has 0 aliphatic carbocycles. The number of nitrogens with zero attached hydrogens (tertiary/aromatic N) is 4. The second-order valence-corrected chi connectivity index (χ2v) is 7.35. The second kappa shape index (κ2) is 7.38. The van der Waals surface area contributed by atoms with Gasteiger partial charge in [-0.3, -0.25) is 4.79 Å². The third kappa shape index (κ3) is 3.86. The summed E-state index contributed by atoms with van der Waals surface area (Å²) in [6.45, 7) is -0.0309. The maximum Gasteiger partial charge on any atom is 0.503 e. The molecule has 146 valence electrons. The molecule has 0 radical (unpaired) electrons. The van der Waals surface area contributed by atoms with Gasteiger partial charge in [-0.2, -0.15) is 18.3 Å². The number of amides is 1. The summed E-state index contributed by atoms with van der Waals surface area (Å²) in [6, 6.07) is 8.91.